The van der Waals surface area contributed by atoms with E-state index in [1.165, 1.54) is 6.34 Å². The van der Waals surface area contributed by atoms with E-state index >= 15 is 0 Å². The van der Waals surface area contributed by atoms with Crippen LogP contribution < -0.4 is 16.4 Å². The molecule has 2 aromatic rings. The first-order chi connectivity index (χ1) is 12.4. The van der Waals surface area contributed by atoms with Gasteiger partial charge in [-0.2, -0.15) is 0 Å². The molecule has 0 bridgehead atoms. The van der Waals surface area contributed by atoms with E-state index in [2.05, 4.69) is 15.6 Å². The zero-order valence-electron chi connectivity index (χ0n) is 14.8. The molecule has 1 aliphatic rings. The highest BCUT2D eigenvalue weighted by Crippen LogP contribution is 2.33. The number of carbonyl (C=O) groups excluding carboxylic acids is 2. The third-order valence-electron chi connectivity index (χ3n) is 4.68. The minimum atomic E-state index is -1.39. The van der Waals surface area contributed by atoms with Crippen molar-refractivity contribution in [3.8, 4) is 0 Å². The van der Waals surface area contributed by atoms with Crippen LogP contribution in [-0.2, 0) is 21.7 Å². The summed E-state index contributed by atoms with van der Waals surface area (Å²) in [5, 5.41) is 5.80. The summed E-state index contributed by atoms with van der Waals surface area (Å²) in [5.41, 5.74) is 7.92. The van der Waals surface area contributed by atoms with Gasteiger partial charge in [0.05, 0.1) is 6.34 Å². The van der Waals surface area contributed by atoms with Gasteiger partial charge in [0.15, 0.2) is 11.6 Å². The number of hydrogen-bond donors (Lipinski definition) is 3. The van der Waals surface area contributed by atoms with E-state index in [4.69, 9.17) is 5.73 Å². The standard InChI is InChI=1S/C20H22N4O2/c1-13-8-9-16(14(2)10-13)20(19(21)26)17(23-12-24-20)18(25)22-11-15-6-4-3-5-7-15/h3-10,12,17H,11H2,1-2H3,(H2,21,26)(H,22,25)(H,23,24). The zero-order valence-corrected chi connectivity index (χ0v) is 14.8. The second-order valence-corrected chi connectivity index (χ2v) is 6.52. The third-order valence-corrected chi connectivity index (χ3v) is 4.68. The average molecular weight is 350 g/mol. The van der Waals surface area contributed by atoms with Crippen molar-refractivity contribution < 1.29 is 9.59 Å². The Bertz CT molecular complexity index is 863. The molecule has 2 atom stereocenters. The van der Waals surface area contributed by atoms with Gasteiger partial charge in [-0.25, -0.2) is 0 Å². The highest BCUT2D eigenvalue weighted by Gasteiger charge is 2.52. The van der Waals surface area contributed by atoms with Crippen molar-refractivity contribution in [2.75, 3.05) is 0 Å². The second-order valence-electron chi connectivity index (χ2n) is 6.52. The number of aryl methyl sites for hydroxylation is 2. The zero-order chi connectivity index (χ0) is 18.7. The quantitative estimate of drug-likeness (QED) is 0.758. The topological polar surface area (TPSA) is 96.6 Å². The van der Waals surface area contributed by atoms with E-state index in [9.17, 15) is 9.59 Å². The normalized spacial score (nSPS) is 21.2. The van der Waals surface area contributed by atoms with Crippen molar-refractivity contribution in [3.63, 3.8) is 0 Å². The van der Waals surface area contributed by atoms with Gasteiger partial charge >= 0.3 is 0 Å². The number of amides is 2. The molecular weight excluding hydrogens is 328 g/mol. The summed E-state index contributed by atoms with van der Waals surface area (Å²) in [7, 11) is 0. The first-order valence-corrected chi connectivity index (χ1v) is 8.44. The van der Waals surface area contributed by atoms with Crippen molar-refractivity contribution in [1.82, 2.24) is 10.6 Å². The minimum absolute atomic E-state index is 0.353. The molecule has 0 aliphatic carbocycles. The fourth-order valence-corrected chi connectivity index (χ4v) is 3.37. The molecule has 4 N–H and O–H groups in total. The number of aliphatic imine (C=N–C) groups is 1. The number of nitrogens with one attached hydrogen (secondary N) is 2. The average Bonchev–Trinajstić information content (AvgIpc) is 3.06. The molecule has 0 aromatic heterocycles. The van der Waals surface area contributed by atoms with Crippen LogP contribution in [0, 0.1) is 13.8 Å². The number of hydrogen-bond acceptors (Lipinski definition) is 4. The van der Waals surface area contributed by atoms with Gasteiger partial charge in [-0.15, -0.1) is 0 Å². The van der Waals surface area contributed by atoms with Gasteiger partial charge in [-0.3, -0.25) is 14.6 Å². The number of rotatable bonds is 5. The van der Waals surface area contributed by atoms with Gasteiger partial charge < -0.3 is 16.4 Å². The first kappa shape index (κ1) is 17.7. The van der Waals surface area contributed by atoms with Crippen LogP contribution in [0.2, 0.25) is 0 Å². The number of primary amides is 1. The fourth-order valence-electron chi connectivity index (χ4n) is 3.37. The maximum Gasteiger partial charge on any atom is 0.250 e. The maximum atomic E-state index is 12.8. The lowest BCUT2D eigenvalue weighted by atomic mass is 9.80. The molecule has 26 heavy (non-hydrogen) atoms. The summed E-state index contributed by atoms with van der Waals surface area (Å²) in [6.45, 7) is 4.22. The molecule has 0 saturated carbocycles. The third kappa shape index (κ3) is 3.06. The molecule has 3 rings (SSSR count). The number of nitrogens with zero attached hydrogens (tertiary/aromatic N) is 1. The molecule has 0 spiro atoms. The lowest BCUT2D eigenvalue weighted by Gasteiger charge is -2.32. The molecule has 2 unspecified atom stereocenters. The summed E-state index contributed by atoms with van der Waals surface area (Å²) in [6, 6.07) is 14.3. The Hall–Kier alpha value is -3.15. The first-order valence-electron chi connectivity index (χ1n) is 8.44. The monoisotopic (exact) mass is 350 g/mol. The summed E-state index contributed by atoms with van der Waals surface area (Å²) in [4.78, 5) is 29.5. The Balaban J connectivity index is 1.90. The lowest BCUT2D eigenvalue weighted by Crippen LogP contribution is -2.60. The summed E-state index contributed by atoms with van der Waals surface area (Å²) < 4.78 is 0. The molecular formula is C20H22N4O2. The van der Waals surface area contributed by atoms with Crippen LogP contribution in [0.5, 0.6) is 0 Å². The lowest BCUT2D eigenvalue weighted by molar-refractivity contribution is -0.131. The Kier molecular flexibility index (Phi) is 4.75. The van der Waals surface area contributed by atoms with Gasteiger partial charge in [0.1, 0.15) is 0 Å². The summed E-state index contributed by atoms with van der Waals surface area (Å²) in [6.07, 6.45) is 1.39. The highest BCUT2D eigenvalue weighted by molar-refractivity contribution is 6.00. The van der Waals surface area contributed by atoms with Gasteiger partial charge in [0.2, 0.25) is 5.91 Å². The molecule has 2 aromatic carbocycles. The van der Waals surface area contributed by atoms with Crippen LogP contribution in [0.4, 0.5) is 0 Å². The molecule has 134 valence electrons. The Morgan fingerprint density at radius 3 is 2.58 bits per heavy atom. The molecule has 1 aliphatic heterocycles. The van der Waals surface area contributed by atoms with Crippen LogP contribution in [0.3, 0.4) is 0 Å². The van der Waals surface area contributed by atoms with Crippen LogP contribution in [0.1, 0.15) is 22.3 Å². The Morgan fingerprint density at radius 2 is 1.92 bits per heavy atom. The van der Waals surface area contributed by atoms with Crippen LogP contribution >= 0.6 is 0 Å². The smallest absolute Gasteiger partial charge is 0.250 e. The van der Waals surface area contributed by atoms with Gasteiger partial charge in [0.25, 0.3) is 5.91 Å². The van der Waals surface area contributed by atoms with E-state index in [1.54, 1.807) is 0 Å². The highest BCUT2D eigenvalue weighted by atomic mass is 16.2. The van der Waals surface area contributed by atoms with E-state index in [-0.39, 0.29) is 5.91 Å². The molecule has 2 amide bonds. The Morgan fingerprint density at radius 1 is 1.19 bits per heavy atom. The van der Waals surface area contributed by atoms with Gasteiger partial charge in [-0.05, 0) is 30.5 Å². The molecule has 1 heterocycles. The number of nitrogens with two attached hydrogens (primary N) is 1. The van der Waals surface area contributed by atoms with Crippen LogP contribution in [0.15, 0.2) is 53.5 Å². The SMILES string of the molecule is Cc1ccc(C2(C(N)=O)NC=NC2C(=O)NCc2ccccc2)c(C)c1. The van der Waals surface area contributed by atoms with Gasteiger partial charge in [0, 0.05) is 6.54 Å². The maximum absolute atomic E-state index is 12.8. The number of carbonyl (C=O) groups is 2. The van der Waals surface area contributed by atoms with Crippen LogP contribution in [-0.4, -0.2) is 24.2 Å². The Labute approximate surface area is 152 Å². The van der Waals surface area contributed by atoms with E-state index in [0.717, 1.165) is 16.7 Å². The van der Waals surface area contributed by atoms with Crippen LogP contribution in [0.25, 0.3) is 0 Å². The molecule has 0 saturated heterocycles. The summed E-state index contributed by atoms with van der Waals surface area (Å²) in [5.74, 6) is -0.990. The molecule has 6 nitrogen and oxygen atoms in total. The van der Waals surface area contributed by atoms with Crippen molar-refractivity contribution in [1.29, 1.82) is 0 Å². The fraction of sp³-hybridized carbons (Fsp3) is 0.250. The largest absolute Gasteiger partial charge is 0.367 e. The van der Waals surface area contributed by atoms with Crippen molar-refractivity contribution in [3.05, 3.63) is 70.8 Å². The predicted octanol–water partition coefficient (Wildman–Crippen LogP) is 1.30. The number of benzene rings is 2. The van der Waals surface area contributed by atoms with E-state index < -0.39 is 17.5 Å². The summed E-state index contributed by atoms with van der Waals surface area (Å²) >= 11 is 0. The molecule has 0 fully saturated rings. The van der Waals surface area contributed by atoms with Crippen molar-refractivity contribution in [2.45, 2.75) is 32.0 Å². The predicted molar refractivity (Wildman–Crippen MR) is 100 cm³/mol. The van der Waals surface area contributed by atoms with Crippen molar-refractivity contribution >= 4 is 18.2 Å². The van der Waals surface area contributed by atoms with E-state index in [0.29, 0.717) is 12.1 Å². The second kappa shape index (κ2) is 7.00. The van der Waals surface area contributed by atoms with E-state index in [1.807, 2.05) is 62.4 Å². The van der Waals surface area contributed by atoms with Gasteiger partial charge in [-0.1, -0.05) is 54.1 Å². The minimum Gasteiger partial charge on any atom is -0.367 e. The molecule has 0 radical (unpaired) electrons. The molecule has 6 heteroatoms. The van der Waals surface area contributed by atoms with Crippen molar-refractivity contribution in [2.24, 2.45) is 10.7 Å².